The third-order valence-electron chi connectivity index (χ3n) is 2.11. The number of pyridine rings is 1. The Morgan fingerprint density at radius 3 is 2.79 bits per heavy atom. The Labute approximate surface area is 85.5 Å². The van der Waals surface area contributed by atoms with Gasteiger partial charge in [0.2, 0.25) is 0 Å². The van der Waals surface area contributed by atoms with Crippen molar-refractivity contribution in [1.29, 1.82) is 0 Å². The molecule has 1 heterocycles. The lowest BCUT2D eigenvalue weighted by atomic mass is 10.1. The van der Waals surface area contributed by atoms with Crippen LogP contribution in [0.3, 0.4) is 0 Å². The molecule has 1 aromatic rings. The quantitative estimate of drug-likeness (QED) is 0.701. The Bertz CT molecular complexity index is 238. The van der Waals surface area contributed by atoms with Crippen molar-refractivity contribution in [2.45, 2.75) is 19.9 Å². The van der Waals surface area contributed by atoms with E-state index >= 15 is 0 Å². The van der Waals surface area contributed by atoms with Gasteiger partial charge in [0.1, 0.15) is 0 Å². The van der Waals surface area contributed by atoms with Crippen LogP contribution >= 0.6 is 0 Å². The minimum Gasteiger partial charge on any atom is -0.380 e. The summed E-state index contributed by atoms with van der Waals surface area (Å²) in [5, 5.41) is 3.38. The topological polar surface area (TPSA) is 34.1 Å². The molecule has 0 aliphatic rings. The monoisotopic (exact) mass is 194 g/mol. The highest BCUT2D eigenvalue weighted by Crippen LogP contribution is 2.09. The maximum Gasteiger partial charge on any atom is 0.0590 e. The number of ether oxygens (including phenoxy) is 1. The molecule has 1 aromatic heterocycles. The number of hydrogen-bond acceptors (Lipinski definition) is 3. The summed E-state index contributed by atoms with van der Waals surface area (Å²) in [5.41, 5.74) is 1.26. The first-order valence-corrected chi connectivity index (χ1v) is 5.05. The van der Waals surface area contributed by atoms with Gasteiger partial charge < -0.3 is 10.1 Å². The summed E-state index contributed by atoms with van der Waals surface area (Å²) in [6.45, 7) is 6.59. The van der Waals surface area contributed by atoms with Gasteiger partial charge >= 0.3 is 0 Å². The fourth-order valence-corrected chi connectivity index (χ4v) is 1.26. The molecular formula is C11H18N2O. The molecule has 0 bridgehead atoms. The second-order valence-electron chi connectivity index (χ2n) is 3.15. The summed E-state index contributed by atoms with van der Waals surface area (Å²) in [4.78, 5) is 3.99. The molecule has 0 amide bonds. The van der Waals surface area contributed by atoms with Gasteiger partial charge in [0, 0.05) is 31.6 Å². The van der Waals surface area contributed by atoms with E-state index in [1.165, 1.54) is 5.56 Å². The fraction of sp³-hybridized carbons (Fsp3) is 0.545. The van der Waals surface area contributed by atoms with Gasteiger partial charge in [-0.3, -0.25) is 4.98 Å². The first kappa shape index (κ1) is 11.1. The number of nitrogens with one attached hydrogen (secondary N) is 1. The van der Waals surface area contributed by atoms with Gasteiger partial charge in [0.05, 0.1) is 6.61 Å². The fourth-order valence-electron chi connectivity index (χ4n) is 1.26. The molecule has 1 rings (SSSR count). The second-order valence-corrected chi connectivity index (χ2v) is 3.15. The van der Waals surface area contributed by atoms with Crippen LogP contribution in [0.2, 0.25) is 0 Å². The van der Waals surface area contributed by atoms with E-state index in [1.54, 1.807) is 0 Å². The van der Waals surface area contributed by atoms with Gasteiger partial charge in [0.15, 0.2) is 0 Å². The lowest BCUT2D eigenvalue weighted by Gasteiger charge is -2.13. The molecule has 78 valence electrons. The Hall–Kier alpha value is -0.930. The molecule has 3 nitrogen and oxygen atoms in total. The van der Waals surface area contributed by atoms with E-state index in [9.17, 15) is 0 Å². The summed E-state index contributed by atoms with van der Waals surface area (Å²) in [6, 6.07) is 4.41. The maximum absolute atomic E-state index is 5.24. The highest BCUT2D eigenvalue weighted by atomic mass is 16.5. The van der Waals surface area contributed by atoms with Crippen LogP contribution in [-0.4, -0.2) is 24.7 Å². The van der Waals surface area contributed by atoms with E-state index < -0.39 is 0 Å². The van der Waals surface area contributed by atoms with Crippen molar-refractivity contribution < 1.29 is 4.74 Å². The minimum atomic E-state index is 0.360. The molecule has 0 fully saturated rings. The Morgan fingerprint density at radius 1 is 1.43 bits per heavy atom. The molecule has 1 atom stereocenters. The molecule has 14 heavy (non-hydrogen) atoms. The van der Waals surface area contributed by atoms with Crippen molar-refractivity contribution in [2.24, 2.45) is 0 Å². The smallest absolute Gasteiger partial charge is 0.0590 e. The number of aromatic nitrogens is 1. The average molecular weight is 194 g/mol. The molecule has 0 spiro atoms. The molecule has 0 aliphatic heterocycles. The van der Waals surface area contributed by atoms with Gasteiger partial charge in [0.25, 0.3) is 0 Å². The maximum atomic E-state index is 5.24. The number of nitrogens with zero attached hydrogens (tertiary/aromatic N) is 1. The van der Waals surface area contributed by atoms with Crippen LogP contribution in [0.15, 0.2) is 24.5 Å². The normalized spacial score (nSPS) is 12.7. The molecule has 0 saturated carbocycles. The third kappa shape index (κ3) is 3.85. The average Bonchev–Trinajstić information content (AvgIpc) is 2.25. The summed E-state index contributed by atoms with van der Waals surface area (Å²) in [5.74, 6) is 0. The van der Waals surface area contributed by atoms with Gasteiger partial charge in [-0.2, -0.15) is 0 Å². The van der Waals surface area contributed by atoms with Crippen LogP contribution in [0.5, 0.6) is 0 Å². The predicted molar refractivity (Wildman–Crippen MR) is 57.1 cm³/mol. The van der Waals surface area contributed by atoms with Gasteiger partial charge in [-0.1, -0.05) is 0 Å². The van der Waals surface area contributed by atoms with Gasteiger partial charge in [-0.05, 0) is 31.5 Å². The van der Waals surface area contributed by atoms with E-state index in [0.717, 1.165) is 19.8 Å². The van der Waals surface area contributed by atoms with Crippen LogP contribution in [0.4, 0.5) is 0 Å². The predicted octanol–water partition coefficient (Wildman–Crippen LogP) is 1.77. The molecule has 0 aromatic carbocycles. The number of rotatable bonds is 6. The molecule has 0 radical (unpaired) electrons. The number of hydrogen-bond donors (Lipinski definition) is 1. The van der Waals surface area contributed by atoms with Crippen LogP contribution in [0.25, 0.3) is 0 Å². The minimum absolute atomic E-state index is 0.360. The SMILES string of the molecule is CCOCCNC(C)c1ccncc1. The Kier molecular flexibility index (Phi) is 5.19. The molecule has 0 saturated heterocycles. The van der Waals surface area contributed by atoms with Crippen LogP contribution < -0.4 is 5.32 Å². The molecular weight excluding hydrogens is 176 g/mol. The third-order valence-corrected chi connectivity index (χ3v) is 2.11. The zero-order chi connectivity index (χ0) is 10.2. The van der Waals surface area contributed by atoms with Crippen molar-refractivity contribution in [3.63, 3.8) is 0 Å². The Balaban J connectivity index is 2.25. The largest absolute Gasteiger partial charge is 0.380 e. The first-order chi connectivity index (χ1) is 6.84. The highest BCUT2D eigenvalue weighted by molar-refractivity contribution is 5.13. The summed E-state index contributed by atoms with van der Waals surface area (Å²) in [6.07, 6.45) is 3.63. The lowest BCUT2D eigenvalue weighted by Crippen LogP contribution is -2.23. The zero-order valence-corrected chi connectivity index (χ0v) is 8.86. The Morgan fingerprint density at radius 2 is 2.14 bits per heavy atom. The summed E-state index contributed by atoms with van der Waals surface area (Å²) >= 11 is 0. The van der Waals surface area contributed by atoms with Crippen molar-refractivity contribution >= 4 is 0 Å². The van der Waals surface area contributed by atoms with Crippen molar-refractivity contribution in [2.75, 3.05) is 19.8 Å². The van der Waals surface area contributed by atoms with E-state index in [2.05, 4.69) is 17.2 Å². The van der Waals surface area contributed by atoms with Crippen LogP contribution in [-0.2, 0) is 4.74 Å². The summed E-state index contributed by atoms with van der Waals surface area (Å²) in [7, 11) is 0. The van der Waals surface area contributed by atoms with E-state index in [4.69, 9.17) is 4.74 Å². The zero-order valence-electron chi connectivity index (χ0n) is 8.86. The molecule has 1 N–H and O–H groups in total. The van der Waals surface area contributed by atoms with Crippen LogP contribution in [0, 0.1) is 0 Å². The van der Waals surface area contributed by atoms with Gasteiger partial charge in [-0.25, -0.2) is 0 Å². The van der Waals surface area contributed by atoms with Crippen molar-refractivity contribution in [3.8, 4) is 0 Å². The molecule has 0 aliphatic carbocycles. The summed E-state index contributed by atoms with van der Waals surface area (Å²) < 4.78 is 5.24. The van der Waals surface area contributed by atoms with Crippen molar-refractivity contribution in [1.82, 2.24) is 10.3 Å². The van der Waals surface area contributed by atoms with E-state index in [0.29, 0.717) is 6.04 Å². The second kappa shape index (κ2) is 6.51. The van der Waals surface area contributed by atoms with Gasteiger partial charge in [-0.15, -0.1) is 0 Å². The van der Waals surface area contributed by atoms with E-state index in [1.807, 2.05) is 31.5 Å². The lowest BCUT2D eigenvalue weighted by molar-refractivity contribution is 0.147. The standard InChI is InChI=1S/C11H18N2O/c1-3-14-9-8-13-10(2)11-4-6-12-7-5-11/h4-7,10,13H,3,8-9H2,1-2H3. The van der Waals surface area contributed by atoms with Crippen molar-refractivity contribution in [3.05, 3.63) is 30.1 Å². The first-order valence-electron chi connectivity index (χ1n) is 5.05. The van der Waals surface area contributed by atoms with Crippen LogP contribution in [0.1, 0.15) is 25.5 Å². The van der Waals surface area contributed by atoms with E-state index in [-0.39, 0.29) is 0 Å². The highest BCUT2D eigenvalue weighted by Gasteiger charge is 2.02. The molecule has 3 heteroatoms. The molecule has 1 unspecified atom stereocenters.